The minimum Gasteiger partial charge on any atom is -0.309 e. The second-order valence-electron chi connectivity index (χ2n) is 29.3. The van der Waals surface area contributed by atoms with Crippen LogP contribution in [-0.2, 0) is 6.42 Å². The van der Waals surface area contributed by atoms with Crippen LogP contribution in [0.2, 0.25) is 0 Å². The van der Waals surface area contributed by atoms with Gasteiger partial charge in [0, 0.05) is 99.0 Å². The molecule has 5 heterocycles. The fraction of sp³-hybridized carbons (Fsp3) is 0.00952. The lowest BCUT2D eigenvalue weighted by atomic mass is 9.95. The quantitative estimate of drug-likeness (QED) is 0.149. The van der Waals surface area contributed by atoms with Crippen LogP contribution in [0.4, 0.5) is 0 Å². The lowest BCUT2D eigenvalue weighted by Gasteiger charge is -2.12. The summed E-state index contributed by atoms with van der Waals surface area (Å²) in [5, 5.41) is 17.0. The molecule has 0 N–H and O–H groups in total. The highest BCUT2D eigenvalue weighted by molar-refractivity contribution is 9.10. The molecule has 7 nitrogen and oxygen atoms in total. The molecule has 113 heavy (non-hydrogen) atoms. The molecule has 526 valence electrons. The maximum Gasteiger partial charge on any atom is 0.160 e. The van der Waals surface area contributed by atoms with Gasteiger partial charge >= 0.3 is 0 Å². The first-order chi connectivity index (χ1) is 55.9. The van der Waals surface area contributed by atoms with E-state index in [1.54, 1.807) is 0 Å². The van der Waals surface area contributed by atoms with E-state index in [0.717, 1.165) is 94.7 Å². The molecule has 0 amide bonds. The summed E-state index contributed by atoms with van der Waals surface area (Å²) in [6, 6.07) is 130. The number of nitrogens with zero attached hydrogens (tertiary/aromatic N) is 7. The molecule has 0 atom stereocenters. The van der Waals surface area contributed by atoms with Crippen LogP contribution in [0.25, 0.3) is 205 Å². The highest BCUT2D eigenvalue weighted by Crippen LogP contribution is 2.44. The molecule has 2 aliphatic rings. The number of benzene rings is 17. The zero-order chi connectivity index (χ0) is 74.6. The molecule has 0 aliphatic heterocycles. The van der Waals surface area contributed by atoms with Crippen molar-refractivity contribution < 1.29 is 0 Å². The second kappa shape index (κ2) is 26.9. The highest BCUT2D eigenvalue weighted by Gasteiger charge is 2.25. The first-order valence-corrected chi connectivity index (χ1v) is 39.1. The summed E-state index contributed by atoms with van der Waals surface area (Å²) in [5.74, 6) is 1.44. The Morgan fingerprint density at radius 1 is 0.265 bits per heavy atom. The van der Waals surface area contributed by atoms with Crippen molar-refractivity contribution in [2.24, 2.45) is 0 Å². The van der Waals surface area contributed by atoms with E-state index in [2.05, 4.69) is 400 Å². The Morgan fingerprint density at radius 2 is 0.646 bits per heavy atom. The van der Waals surface area contributed by atoms with E-state index in [9.17, 15) is 0 Å². The first-order valence-electron chi connectivity index (χ1n) is 38.3. The Labute approximate surface area is 659 Å². The number of fused-ring (bicyclic) bond motifs is 18. The molecule has 0 bridgehead atoms. The lowest BCUT2D eigenvalue weighted by molar-refractivity contribution is 1.18. The fourth-order valence-corrected chi connectivity index (χ4v) is 17.6. The number of rotatable bonds is 7. The summed E-state index contributed by atoms with van der Waals surface area (Å²) in [6.45, 7) is 0. The Hall–Kier alpha value is -14.5. The highest BCUT2D eigenvalue weighted by atomic mass is 79.9. The van der Waals surface area contributed by atoms with Crippen LogP contribution in [0, 0.1) is 6.08 Å². The van der Waals surface area contributed by atoms with Gasteiger partial charge in [-0.3, -0.25) is 0 Å². The predicted molar refractivity (Wildman–Crippen MR) is 475 cm³/mol. The molecule has 0 saturated carbocycles. The smallest absolute Gasteiger partial charge is 0.160 e. The van der Waals surface area contributed by atoms with Crippen LogP contribution in [0.5, 0.6) is 0 Å². The minimum atomic E-state index is 0.711. The fourth-order valence-electron chi connectivity index (χ4n) is 17.3. The van der Waals surface area contributed by atoms with Crippen molar-refractivity contribution in [3.05, 3.63) is 403 Å². The third-order valence-corrected chi connectivity index (χ3v) is 23.2. The Kier molecular flexibility index (Phi) is 15.6. The molecule has 2 aliphatic carbocycles. The van der Waals surface area contributed by atoms with Gasteiger partial charge < -0.3 is 13.7 Å². The van der Waals surface area contributed by atoms with E-state index >= 15 is 0 Å². The number of allylic oxidation sites excluding steroid dienone is 2. The third kappa shape index (κ3) is 11.4. The summed E-state index contributed by atoms with van der Waals surface area (Å²) in [7, 11) is 0. The average Bonchev–Trinajstić information content (AvgIpc) is 1.60. The molecule has 0 fully saturated rings. The van der Waals surface area contributed by atoms with Crippen molar-refractivity contribution in [1.82, 2.24) is 33.6 Å². The molecule has 5 aromatic heterocycles. The molecule has 0 unspecified atom stereocenters. The van der Waals surface area contributed by atoms with E-state index in [1.807, 2.05) is 18.2 Å². The van der Waals surface area contributed by atoms with Crippen molar-refractivity contribution in [2.75, 3.05) is 0 Å². The Morgan fingerprint density at radius 3 is 1.17 bits per heavy atom. The van der Waals surface area contributed by atoms with Crippen molar-refractivity contribution in [1.29, 1.82) is 0 Å². The number of hydrogen-bond donors (Lipinski definition) is 0. The van der Waals surface area contributed by atoms with E-state index in [4.69, 9.17) is 19.9 Å². The van der Waals surface area contributed by atoms with Gasteiger partial charge in [0.25, 0.3) is 0 Å². The summed E-state index contributed by atoms with van der Waals surface area (Å²) in [6.07, 6.45) is 10.4. The first kappa shape index (κ1) is 65.5. The largest absolute Gasteiger partial charge is 0.309 e. The monoisotopic (exact) mass is 1500 g/mol. The van der Waals surface area contributed by atoms with Gasteiger partial charge in [-0.25, -0.2) is 19.9 Å². The van der Waals surface area contributed by atoms with E-state index in [0.29, 0.717) is 5.82 Å². The van der Waals surface area contributed by atoms with E-state index in [1.165, 1.54) is 126 Å². The zero-order valence-electron chi connectivity index (χ0n) is 61.1. The summed E-state index contributed by atoms with van der Waals surface area (Å²) in [5.41, 5.74) is 26.6. The molecule has 17 aromatic carbocycles. The second-order valence-corrected chi connectivity index (χ2v) is 30.2. The van der Waals surface area contributed by atoms with Crippen LogP contribution in [0.3, 0.4) is 0 Å². The maximum absolute atomic E-state index is 5.33. The molecule has 22 aromatic rings. The number of para-hydroxylation sites is 6. The number of halogens is 1. The zero-order valence-corrected chi connectivity index (χ0v) is 62.7. The van der Waals surface area contributed by atoms with Crippen molar-refractivity contribution in [3.8, 4) is 73.5 Å². The van der Waals surface area contributed by atoms with Gasteiger partial charge in [0.2, 0.25) is 0 Å². The predicted octanol–water partition coefficient (Wildman–Crippen LogP) is 27.5. The molecular formula is C105H65BrN7+. The van der Waals surface area contributed by atoms with Crippen LogP contribution in [-0.4, -0.2) is 33.6 Å². The van der Waals surface area contributed by atoms with Gasteiger partial charge in [0.05, 0.1) is 72.7 Å². The van der Waals surface area contributed by atoms with Gasteiger partial charge in [-0.15, -0.1) is 0 Å². The summed E-state index contributed by atoms with van der Waals surface area (Å²) < 4.78 is 8.12. The van der Waals surface area contributed by atoms with Crippen molar-refractivity contribution >= 4 is 148 Å². The van der Waals surface area contributed by atoms with Crippen LogP contribution in [0.1, 0.15) is 22.3 Å². The standard InChI is InChI=1S/C52H32N4.C32H20BrN3.C21H13/c1-2-16-39(17-3-1)55-47-21-11-9-18-41(47)43-30-38(24-27-48(43)55)52-53-46-20-10-8-19-42(46)51(54-52)33-22-25-40(26-23-33)56-49-31-36-14-6-4-12-34(36)28-44(49)45-29-35-13-5-7-15-37(35)32-50(45)56;33-23-17-14-21(15-18-23)31-26-11-4-6-12-28(26)34-32(35-31)22-16-19-30-27(20-22)25-10-5-7-13-29(25)36(30)24-8-2-1-3-9-24;1-3-7-16-12-20-18(9-14(16)5-1)11-19-10-15-6-2-4-8-17(15)13-21(19)20/h1-32H;1-20H;1,3-10,12-13H,11H2/q;;+1. The number of aromatic nitrogens is 7. The van der Waals surface area contributed by atoms with Gasteiger partial charge in [-0.05, 0) is 207 Å². The molecule has 0 spiro atoms. The molecule has 0 radical (unpaired) electrons. The maximum atomic E-state index is 5.33. The number of hydrogen-bond acceptors (Lipinski definition) is 4. The minimum absolute atomic E-state index is 0.711. The topological polar surface area (TPSA) is 66.3 Å². The summed E-state index contributed by atoms with van der Waals surface area (Å²) >= 11 is 3.55. The van der Waals surface area contributed by atoms with E-state index < -0.39 is 0 Å². The van der Waals surface area contributed by atoms with Crippen LogP contribution in [0.15, 0.2) is 375 Å². The van der Waals surface area contributed by atoms with Gasteiger partial charge in [-0.1, -0.05) is 228 Å². The molecule has 0 saturated heterocycles. The third-order valence-electron chi connectivity index (χ3n) is 22.7. The van der Waals surface area contributed by atoms with Crippen molar-refractivity contribution in [2.45, 2.75) is 6.42 Å². The van der Waals surface area contributed by atoms with Crippen LogP contribution < -0.4 is 0 Å². The van der Waals surface area contributed by atoms with Gasteiger partial charge in [0.15, 0.2) is 11.6 Å². The van der Waals surface area contributed by atoms with E-state index in [-0.39, 0.29) is 0 Å². The molecule has 24 rings (SSSR count). The average molecular weight is 1500 g/mol. The normalized spacial score (nSPS) is 12.1. The van der Waals surface area contributed by atoms with Gasteiger partial charge in [0.1, 0.15) is 12.2 Å². The Bertz CT molecular complexity index is 7610. The molecule has 8 heteroatoms. The lowest BCUT2D eigenvalue weighted by Crippen LogP contribution is -1.97. The SMILES string of the molecule is Brc1ccc(-c2nc(-c3ccc4c(c3)c3ccccc3n4-c3ccccc3)nc3ccccc23)cc1.[C+]1=Cc2cc3c(cc2C=C1)-c1cc2ccccc2cc1C3.c1ccc(-n2c3ccccc3c3cc(-c4nc(-c5ccc(-n6c7cc8ccccc8cc7c7cc8ccccc8cc76)cc5)c5ccccc5n4)ccc32)cc1. The Balaban J connectivity index is 0.000000116. The molecular weight excluding hydrogens is 1440 g/mol. The van der Waals surface area contributed by atoms with Crippen molar-refractivity contribution in [3.63, 3.8) is 0 Å². The van der Waals surface area contributed by atoms with Gasteiger partial charge in [-0.2, -0.15) is 0 Å². The van der Waals surface area contributed by atoms with Crippen LogP contribution >= 0.6 is 15.9 Å². The summed E-state index contributed by atoms with van der Waals surface area (Å²) in [4.78, 5) is 20.5.